The smallest absolute Gasteiger partial charge is 0.305 e. The van der Waals surface area contributed by atoms with Crippen molar-refractivity contribution in [1.82, 2.24) is 16.2 Å². The highest BCUT2D eigenvalue weighted by molar-refractivity contribution is 5.93. The van der Waals surface area contributed by atoms with Gasteiger partial charge in [0.2, 0.25) is 0 Å². The quantitative estimate of drug-likeness (QED) is 0.665. The fraction of sp³-hybridized carbons (Fsp3) is 0.400. The molecule has 0 spiro atoms. The molecule has 1 heterocycles. The topological polar surface area (TPSA) is 83.4 Å². The summed E-state index contributed by atoms with van der Waals surface area (Å²) in [5.74, 6) is 0.120. The Morgan fingerprint density at radius 1 is 0.962 bits per heavy atom. The molecule has 3 N–H and O–H groups in total. The Bertz CT molecular complexity index is 706. The monoisotopic (exact) mass is 357 g/mol. The third-order valence-corrected chi connectivity index (χ3v) is 4.17. The number of benzene rings is 1. The summed E-state index contributed by atoms with van der Waals surface area (Å²) in [6, 6.07) is 11.6. The Morgan fingerprint density at radius 2 is 1.62 bits per heavy atom. The van der Waals surface area contributed by atoms with Crippen molar-refractivity contribution < 1.29 is 14.0 Å². The van der Waals surface area contributed by atoms with Crippen LogP contribution < -0.4 is 16.2 Å². The van der Waals surface area contributed by atoms with Crippen LogP contribution in [-0.2, 0) is 4.79 Å². The summed E-state index contributed by atoms with van der Waals surface area (Å²) in [5.41, 5.74) is 7.13. The van der Waals surface area contributed by atoms with Crippen LogP contribution in [0.2, 0.25) is 0 Å². The van der Waals surface area contributed by atoms with Gasteiger partial charge in [-0.1, -0.05) is 52.0 Å². The second kappa shape index (κ2) is 9.20. The summed E-state index contributed by atoms with van der Waals surface area (Å²) in [4.78, 5) is 23.7. The van der Waals surface area contributed by atoms with E-state index >= 15 is 0 Å². The van der Waals surface area contributed by atoms with Crippen molar-refractivity contribution in [3.63, 3.8) is 0 Å². The zero-order valence-corrected chi connectivity index (χ0v) is 15.7. The van der Waals surface area contributed by atoms with Crippen molar-refractivity contribution in [3.05, 3.63) is 59.5 Å². The van der Waals surface area contributed by atoms with Gasteiger partial charge in [-0.05, 0) is 35.1 Å². The molecule has 6 nitrogen and oxygen atoms in total. The highest BCUT2D eigenvalue weighted by Crippen LogP contribution is 2.23. The van der Waals surface area contributed by atoms with Crippen LogP contribution in [0.15, 0.2) is 47.1 Å². The van der Waals surface area contributed by atoms with Crippen LogP contribution >= 0.6 is 0 Å². The maximum atomic E-state index is 12.0. The van der Waals surface area contributed by atoms with E-state index in [1.54, 1.807) is 6.07 Å². The average molecular weight is 357 g/mol. The molecule has 1 aromatic heterocycles. The number of rotatable bonds is 7. The maximum absolute atomic E-state index is 12.0. The van der Waals surface area contributed by atoms with Gasteiger partial charge in [-0.15, -0.1) is 0 Å². The lowest BCUT2D eigenvalue weighted by molar-refractivity contribution is -0.121. The molecule has 0 aliphatic rings. The predicted molar refractivity (Wildman–Crippen MR) is 100 cm³/mol. The number of hydrogen-bond donors (Lipinski definition) is 3. The SMILES string of the molecule is CC(C)c1ccc([C@H](NCC(=O)NNC(=O)c2ccco2)C(C)C)cc1. The minimum absolute atomic E-state index is 0.0442. The number of carbonyl (C=O) groups excluding carboxylic acids is 2. The van der Waals surface area contributed by atoms with Gasteiger partial charge in [0.15, 0.2) is 5.76 Å². The van der Waals surface area contributed by atoms with E-state index in [4.69, 9.17) is 4.42 Å². The molecule has 26 heavy (non-hydrogen) atoms. The van der Waals surface area contributed by atoms with E-state index in [9.17, 15) is 9.59 Å². The molecule has 0 radical (unpaired) electrons. The van der Waals surface area contributed by atoms with Crippen molar-refractivity contribution in [1.29, 1.82) is 0 Å². The van der Waals surface area contributed by atoms with Gasteiger partial charge in [-0.2, -0.15) is 0 Å². The van der Waals surface area contributed by atoms with E-state index in [1.807, 2.05) is 0 Å². The Kier molecular flexibility index (Phi) is 6.97. The van der Waals surface area contributed by atoms with Crippen molar-refractivity contribution in [3.8, 4) is 0 Å². The van der Waals surface area contributed by atoms with Crippen molar-refractivity contribution in [2.75, 3.05) is 6.54 Å². The molecule has 1 atom stereocenters. The van der Waals surface area contributed by atoms with Gasteiger partial charge in [0.1, 0.15) is 0 Å². The van der Waals surface area contributed by atoms with Crippen LogP contribution in [-0.4, -0.2) is 18.4 Å². The zero-order valence-electron chi connectivity index (χ0n) is 15.7. The number of amides is 2. The number of carbonyl (C=O) groups is 2. The van der Waals surface area contributed by atoms with E-state index in [0.717, 1.165) is 5.56 Å². The lowest BCUT2D eigenvalue weighted by atomic mass is 9.93. The predicted octanol–water partition coefficient (Wildman–Crippen LogP) is 3.15. The first-order chi connectivity index (χ1) is 12.4. The molecule has 1 aromatic carbocycles. The Morgan fingerprint density at radius 3 is 2.15 bits per heavy atom. The number of nitrogens with one attached hydrogen (secondary N) is 3. The van der Waals surface area contributed by atoms with E-state index in [2.05, 4.69) is 68.1 Å². The summed E-state index contributed by atoms with van der Waals surface area (Å²) >= 11 is 0. The van der Waals surface area contributed by atoms with Gasteiger partial charge >= 0.3 is 5.91 Å². The van der Waals surface area contributed by atoms with Gasteiger partial charge in [0.05, 0.1) is 12.8 Å². The third-order valence-electron chi connectivity index (χ3n) is 4.17. The lowest BCUT2D eigenvalue weighted by Gasteiger charge is -2.23. The number of furan rings is 1. The van der Waals surface area contributed by atoms with Crippen LogP contribution in [0.3, 0.4) is 0 Å². The molecule has 0 saturated carbocycles. The Labute approximate surface area is 154 Å². The first-order valence-corrected chi connectivity index (χ1v) is 8.84. The third kappa shape index (κ3) is 5.46. The summed E-state index contributed by atoms with van der Waals surface area (Å²) in [6.45, 7) is 8.62. The maximum Gasteiger partial charge on any atom is 0.305 e. The number of hydrazine groups is 1. The Balaban J connectivity index is 1.87. The highest BCUT2D eigenvalue weighted by atomic mass is 16.3. The molecule has 0 unspecified atom stereocenters. The second-order valence-electron chi connectivity index (χ2n) is 6.90. The molecule has 2 amide bonds. The van der Waals surface area contributed by atoms with Gasteiger partial charge in [-0.3, -0.25) is 20.4 Å². The van der Waals surface area contributed by atoms with Crippen LogP contribution in [0, 0.1) is 5.92 Å². The molecule has 140 valence electrons. The van der Waals surface area contributed by atoms with Crippen LogP contribution in [0.4, 0.5) is 0 Å². The minimum Gasteiger partial charge on any atom is -0.459 e. The molecule has 2 rings (SSSR count). The molecule has 0 saturated heterocycles. The van der Waals surface area contributed by atoms with Crippen LogP contribution in [0.1, 0.15) is 61.3 Å². The first kappa shape index (κ1) is 19.7. The fourth-order valence-corrected chi connectivity index (χ4v) is 2.67. The van der Waals surface area contributed by atoms with Gasteiger partial charge < -0.3 is 9.73 Å². The largest absolute Gasteiger partial charge is 0.459 e. The second-order valence-corrected chi connectivity index (χ2v) is 6.90. The minimum atomic E-state index is -0.493. The zero-order chi connectivity index (χ0) is 19.1. The van der Waals surface area contributed by atoms with E-state index in [1.165, 1.54) is 17.9 Å². The lowest BCUT2D eigenvalue weighted by Crippen LogP contribution is -2.46. The van der Waals surface area contributed by atoms with Gasteiger partial charge in [0.25, 0.3) is 5.91 Å². The normalized spacial score (nSPS) is 12.2. The molecular weight excluding hydrogens is 330 g/mol. The summed E-state index contributed by atoms with van der Waals surface area (Å²) in [6.07, 6.45) is 1.40. The molecule has 6 heteroatoms. The summed E-state index contributed by atoms with van der Waals surface area (Å²) < 4.78 is 4.96. The number of hydrogen-bond acceptors (Lipinski definition) is 4. The average Bonchev–Trinajstić information content (AvgIpc) is 3.14. The van der Waals surface area contributed by atoms with E-state index in [0.29, 0.717) is 11.8 Å². The molecule has 0 fully saturated rings. The van der Waals surface area contributed by atoms with E-state index in [-0.39, 0.29) is 24.3 Å². The summed E-state index contributed by atoms with van der Waals surface area (Å²) in [7, 11) is 0. The standard InChI is InChI=1S/C20H27N3O3/c1-13(2)15-7-9-16(10-8-15)19(14(3)4)21-12-18(24)22-23-20(25)17-6-5-11-26-17/h5-11,13-14,19,21H,12H2,1-4H3,(H,22,24)(H,23,25)/t19-/m1/s1. The van der Waals surface area contributed by atoms with Gasteiger partial charge in [0, 0.05) is 6.04 Å². The first-order valence-electron chi connectivity index (χ1n) is 8.84. The van der Waals surface area contributed by atoms with Crippen LogP contribution in [0.25, 0.3) is 0 Å². The van der Waals surface area contributed by atoms with Crippen molar-refractivity contribution >= 4 is 11.8 Å². The summed E-state index contributed by atoms with van der Waals surface area (Å²) in [5, 5.41) is 3.26. The highest BCUT2D eigenvalue weighted by Gasteiger charge is 2.17. The molecule has 0 bridgehead atoms. The van der Waals surface area contributed by atoms with Crippen LogP contribution in [0.5, 0.6) is 0 Å². The molecule has 0 aliphatic heterocycles. The molecular formula is C20H27N3O3. The van der Waals surface area contributed by atoms with Crippen molar-refractivity contribution in [2.24, 2.45) is 5.92 Å². The van der Waals surface area contributed by atoms with Gasteiger partial charge in [-0.25, -0.2) is 0 Å². The molecule has 0 aliphatic carbocycles. The fourth-order valence-electron chi connectivity index (χ4n) is 2.67. The van der Waals surface area contributed by atoms with Crippen molar-refractivity contribution in [2.45, 2.75) is 39.7 Å². The van der Waals surface area contributed by atoms with E-state index < -0.39 is 5.91 Å². The Hall–Kier alpha value is -2.60. The molecule has 2 aromatic rings.